The van der Waals surface area contributed by atoms with Crippen LogP contribution >= 0.6 is 0 Å². The number of aromatic nitrogens is 3. The third-order valence-corrected chi connectivity index (χ3v) is 8.51. The molecule has 2 aromatic carbocycles. The van der Waals surface area contributed by atoms with E-state index in [0.29, 0.717) is 37.8 Å². The first-order valence-electron chi connectivity index (χ1n) is 13.0. The van der Waals surface area contributed by atoms with E-state index in [1.807, 2.05) is 44.2 Å². The molecule has 0 radical (unpaired) electrons. The zero-order valence-corrected chi connectivity index (χ0v) is 23.4. The van der Waals surface area contributed by atoms with Gasteiger partial charge < -0.3 is 15.0 Å². The minimum atomic E-state index is -3.81. The molecule has 0 bridgehead atoms. The monoisotopic (exact) mass is 535 g/mol. The highest BCUT2D eigenvalue weighted by atomic mass is 32.2. The molecule has 0 fully saturated rings. The summed E-state index contributed by atoms with van der Waals surface area (Å²) in [6.45, 7) is 9.76. The number of nitrogens with two attached hydrogens (primary N) is 1. The summed E-state index contributed by atoms with van der Waals surface area (Å²) in [5.74, 6) is 1.18. The van der Waals surface area contributed by atoms with E-state index in [-0.39, 0.29) is 17.5 Å². The Kier molecular flexibility index (Phi) is 8.81. The van der Waals surface area contributed by atoms with Crippen molar-refractivity contribution in [3.05, 3.63) is 83.9 Å². The molecule has 0 saturated carbocycles. The molecule has 4 aromatic rings. The molecule has 2 N–H and O–H groups in total. The molecule has 0 amide bonds. The van der Waals surface area contributed by atoms with Gasteiger partial charge in [0, 0.05) is 37.6 Å². The van der Waals surface area contributed by atoms with Crippen molar-refractivity contribution in [3.8, 4) is 0 Å². The van der Waals surface area contributed by atoms with Crippen LogP contribution in [0.2, 0.25) is 0 Å². The lowest BCUT2D eigenvalue weighted by atomic mass is 10.0. The van der Waals surface area contributed by atoms with E-state index in [0.717, 1.165) is 28.0 Å². The molecule has 0 unspecified atom stereocenters. The van der Waals surface area contributed by atoms with Crippen molar-refractivity contribution in [2.75, 3.05) is 18.9 Å². The molecular formula is C29H37N5O3S. The molecule has 0 spiro atoms. The van der Waals surface area contributed by atoms with Crippen LogP contribution in [-0.2, 0) is 27.8 Å². The summed E-state index contributed by atoms with van der Waals surface area (Å²) in [4.78, 5) is 8.99. The molecule has 1 atom stereocenters. The zero-order chi connectivity index (χ0) is 27.3. The molecule has 0 aliphatic carbocycles. The van der Waals surface area contributed by atoms with Gasteiger partial charge in [0.25, 0.3) is 0 Å². The lowest BCUT2D eigenvalue weighted by Crippen LogP contribution is -2.43. The van der Waals surface area contributed by atoms with Gasteiger partial charge in [-0.05, 0) is 67.6 Å². The van der Waals surface area contributed by atoms with E-state index in [4.69, 9.17) is 10.5 Å². The first kappa shape index (κ1) is 27.8. The van der Waals surface area contributed by atoms with Crippen LogP contribution in [0.1, 0.15) is 44.1 Å². The van der Waals surface area contributed by atoms with Crippen LogP contribution in [-0.4, -0.2) is 46.5 Å². The van der Waals surface area contributed by atoms with Crippen molar-refractivity contribution in [2.45, 2.75) is 58.1 Å². The van der Waals surface area contributed by atoms with E-state index in [1.165, 1.54) is 0 Å². The topological polar surface area (TPSA) is 103 Å². The van der Waals surface area contributed by atoms with Crippen LogP contribution in [0, 0.1) is 12.8 Å². The third-order valence-electron chi connectivity index (χ3n) is 6.60. The number of rotatable bonds is 12. The Bertz CT molecular complexity index is 1450. The number of hydrogen-bond acceptors (Lipinski definition) is 6. The molecule has 2 aromatic heterocycles. The SMILES string of the molecule is CCOC[C@H](CC(C)C)N(Cc1ccc(N)cc1)S(=O)(=O)c1ccc(Cn2c(C)nc3cnccc32)cc1. The Labute approximate surface area is 225 Å². The van der Waals surface area contributed by atoms with Crippen LogP contribution in [0.3, 0.4) is 0 Å². The fraction of sp³-hybridized carbons (Fsp3) is 0.379. The maximum absolute atomic E-state index is 14.1. The summed E-state index contributed by atoms with van der Waals surface area (Å²) in [5, 5.41) is 0. The maximum Gasteiger partial charge on any atom is 0.243 e. The number of nitrogen functional groups attached to an aromatic ring is 1. The van der Waals surface area contributed by atoms with Gasteiger partial charge in [-0.15, -0.1) is 0 Å². The predicted octanol–water partition coefficient (Wildman–Crippen LogP) is 5.01. The summed E-state index contributed by atoms with van der Waals surface area (Å²) >= 11 is 0. The second-order valence-corrected chi connectivity index (χ2v) is 11.9. The number of imidazole rings is 1. The second-order valence-electron chi connectivity index (χ2n) is 9.99. The highest BCUT2D eigenvalue weighted by molar-refractivity contribution is 7.89. The molecule has 2 heterocycles. The summed E-state index contributed by atoms with van der Waals surface area (Å²) < 4.78 is 37.6. The number of fused-ring (bicyclic) bond motifs is 1. The average molecular weight is 536 g/mol. The molecule has 202 valence electrons. The van der Waals surface area contributed by atoms with Crippen LogP contribution in [0.25, 0.3) is 11.0 Å². The van der Waals surface area contributed by atoms with Gasteiger partial charge in [-0.1, -0.05) is 38.1 Å². The minimum Gasteiger partial charge on any atom is -0.399 e. The molecule has 4 rings (SSSR count). The van der Waals surface area contributed by atoms with Gasteiger partial charge in [-0.2, -0.15) is 4.31 Å². The van der Waals surface area contributed by atoms with Crippen molar-refractivity contribution in [1.82, 2.24) is 18.8 Å². The second kappa shape index (κ2) is 12.1. The summed E-state index contributed by atoms with van der Waals surface area (Å²) in [7, 11) is -3.81. The Hall–Kier alpha value is -3.27. The number of hydrogen-bond donors (Lipinski definition) is 1. The van der Waals surface area contributed by atoms with Gasteiger partial charge >= 0.3 is 0 Å². The molecule has 9 heteroatoms. The van der Waals surface area contributed by atoms with Crippen LogP contribution in [0.5, 0.6) is 0 Å². The maximum atomic E-state index is 14.1. The lowest BCUT2D eigenvalue weighted by Gasteiger charge is -2.32. The number of benzene rings is 2. The fourth-order valence-corrected chi connectivity index (χ4v) is 6.28. The van der Waals surface area contributed by atoms with E-state index >= 15 is 0 Å². The predicted molar refractivity (Wildman–Crippen MR) is 151 cm³/mol. The third kappa shape index (κ3) is 6.40. The highest BCUT2D eigenvalue weighted by Crippen LogP contribution is 2.26. The molecule has 8 nitrogen and oxygen atoms in total. The number of nitrogens with zero attached hydrogens (tertiary/aromatic N) is 4. The Morgan fingerprint density at radius 1 is 1.03 bits per heavy atom. The summed E-state index contributed by atoms with van der Waals surface area (Å²) in [6.07, 6.45) is 4.19. The van der Waals surface area contributed by atoms with Gasteiger partial charge in [0.2, 0.25) is 10.0 Å². The van der Waals surface area contributed by atoms with Gasteiger partial charge in [0.1, 0.15) is 11.3 Å². The van der Waals surface area contributed by atoms with Gasteiger partial charge in [0.15, 0.2) is 0 Å². The fourth-order valence-electron chi connectivity index (χ4n) is 4.67. The van der Waals surface area contributed by atoms with E-state index in [1.54, 1.807) is 41.0 Å². The smallest absolute Gasteiger partial charge is 0.243 e. The minimum absolute atomic E-state index is 0.239. The number of sulfonamides is 1. The standard InChI is InChI=1S/C29H37N5O3S/c1-5-37-20-26(16-21(2)3)34(19-24-6-10-25(30)11-7-24)38(35,36)27-12-8-23(9-13-27)18-33-22(4)32-28-17-31-15-14-29(28)33/h6-15,17,21,26H,5,16,18-20,30H2,1-4H3/t26-/m0/s1. The van der Waals surface area contributed by atoms with Gasteiger partial charge in [0.05, 0.1) is 23.2 Å². The zero-order valence-electron chi connectivity index (χ0n) is 22.5. The highest BCUT2D eigenvalue weighted by Gasteiger charge is 2.32. The number of ether oxygens (including phenoxy) is 1. The largest absolute Gasteiger partial charge is 0.399 e. The van der Waals surface area contributed by atoms with Crippen molar-refractivity contribution in [2.24, 2.45) is 5.92 Å². The first-order chi connectivity index (χ1) is 18.2. The Morgan fingerprint density at radius 3 is 2.37 bits per heavy atom. The van der Waals surface area contributed by atoms with Crippen molar-refractivity contribution < 1.29 is 13.2 Å². The summed E-state index contributed by atoms with van der Waals surface area (Å²) in [5.41, 5.74) is 10.2. The van der Waals surface area contributed by atoms with Gasteiger partial charge in [-0.3, -0.25) is 4.98 Å². The van der Waals surface area contributed by atoms with Crippen molar-refractivity contribution in [3.63, 3.8) is 0 Å². The first-order valence-corrected chi connectivity index (χ1v) is 14.4. The van der Waals surface area contributed by atoms with Crippen molar-refractivity contribution >= 4 is 26.7 Å². The van der Waals surface area contributed by atoms with Crippen LogP contribution in [0.15, 0.2) is 71.9 Å². The molecule has 0 aliphatic rings. The Balaban J connectivity index is 1.65. The number of anilines is 1. The molecule has 0 aliphatic heterocycles. The van der Waals surface area contributed by atoms with Crippen molar-refractivity contribution in [1.29, 1.82) is 0 Å². The van der Waals surface area contributed by atoms with Gasteiger partial charge in [-0.25, -0.2) is 13.4 Å². The van der Waals surface area contributed by atoms with E-state index < -0.39 is 10.0 Å². The lowest BCUT2D eigenvalue weighted by molar-refractivity contribution is 0.0866. The van der Waals surface area contributed by atoms with Crippen LogP contribution in [0.4, 0.5) is 5.69 Å². The van der Waals surface area contributed by atoms with E-state index in [9.17, 15) is 8.42 Å². The normalized spacial score (nSPS) is 13.0. The Morgan fingerprint density at radius 2 is 1.71 bits per heavy atom. The number of aryl methyl sites for hydroxylation is 1. The summed E-state index contributed by atoms with van der Waals surface area (Å²) in [6, 6.07) is 16.1. The average Bonchev–Trinajstić information content (AvgIpc) is 3.21. The molecule has 38 heavy (non-hydrogen) atoms. The van der Waals surface area contributed by atoms with E-state index in [2.05, 4.69) is 28.4 Å². The molecule has 0 saturated heterocycles. The molecular weight excluding hydrogens is 498 g/mol. The number of pyridine rings is 1. The van der Waals surface area contributed by atoms with Crippen LogP contribution < -0.4 is 5.73 Å². The quantitative estimate of drug-likeness (QED) is 0.256.